The zero-order valence-corrected chi connectivity index (χ0v) is 13.6. The highest BCUT2D eigenvalue weighted by atomic mass is 35.5. The summed E-state index contributed by atoms with van der Waals surface area (Å²) in [5, 5.41) is 3.03. The Bertz CT molecular complexity index is 578. The first-order valence-electron chi connectivity index (χ1n) is 7.34. The van der Waals surface area contributed by atoms with Crippen LogP contribution in [-0.2, 0) is 9.59 Å². The van der Waals surface area contributed by atoms with Crippen LogP contribution in [-0.4, -0.2) is 11.8 Å². The molecule has 0 fully saturated rings. The Kier molecular flexibility index (Phi) is 7.84. The molecule has 0 atom stereocenters. The van der Waals surface area contributed by atoms with Gasteiger partial charge in [0, 0.05) is 12.8 Å². The van der Waals surface area contributed by atoms with E-state index in [1.165, 1.54) is 0 Å². The summed E-state index contributed by atoms with van der Waals surface area (Å²) < 4.78 is 0. The van der Waals surface area contributed by atoms with Crippen LogP contribution >= 0.6 is 12.4 Å². The number of rotatable bonds is 7. The zero-order chi connectivity index (χ0) is 15.8. The Hall–Kier alpha value is -2.33. The highest BCUT2D eigenvalue weighted by Gasteiger charge is 2.16. The van der Waals surface area contributed by atoms with Crippen LogP contribution in [0.3, 0.4) is 0 Å². The minimum absolute atomic E-state index is 0. The fraction of sp³-hybridized carbons (Fsp3) is 0.222. The van der Waals surface area contributed by atoms with Crippen LogP contribution in [0.1, 0.15) is 36.4 Å². The summed E-state index contributed by atoms with van der Waals surface area (Å²) in [6.07, 6.45) is 0.991. The lowest BCUT2D eigenvalue weighted by Gasteiger charge is -2.20. The van der Waals surface area contributed by atoms with Gasteiger partial charge in [-0.15, -0.1) is 12.4 Å². The number of hydrogen-bond donors (Lipinski definition) is 2. The zero-order valence-electron chi connectivity index (χ0n) is 12.8. The molecule has 0 aliphatic carbocycles. The molecule has 0 unspecified atom stereocenters. The molecule has 0 saturated heterocycles. The van der Waals surface area contributed by atoms with E-state index in [0.717, 1.165) is 11.1 Å². The number of nitrogens with one attached hydrogen (secondary N) is 1. The van der Waals surface area contributed by atoms with Gasteiger partial charge in [-0.2, -0.15) is 0 Å². The van der Waals surface area contributed by atoms with E-state index in [-0.39, 0.29) is 36.7 Å². The molecule has 0 spiro atoms. The van der Waals surface area contributed by atoms with Crippen LogP contribution in [0.2, 0.25) is 0 Å². The molecule has 0 aliphatic rings. The SMILES string of the molecule is Cl.NC(=O)CCCC(=O)NC(c1ccccc1)c1ccccc1. The van der Waals surface area contributed by atoms with E-state index < -0.39 is 0 Å². The molecule has 0 bridgehead atoms. The van der Waals surface area contributed by atoms with Crippen LogP contribution in [0.4, 0.5) is 0 Å². The Morgan fingerprint density at radius 1 is 0.870 bits per heavy atom. The number of carbonyl (C=O) groups is 2. The number of amides is 2. The van der Waals surface area contributed by atoms with Gasteiger partial charge < -0.3 is 11.1 Å². The maximum absolute atomic E-state index is 12.1. The number of benzene rings is 2. The van der Waals surface area contributed by atoms with Gasteiger partial charge in [0.1, 0.15) is 0 Å². The second kappa shape index (κ2) is 9.64. The summed E-state index contributed by atoms with van der Waals surface area (Å²) >= 11 is 0. The second-order valence-corrected chi connectivity index (χ2v) is 5.14. The van der Waals surface area contributed by atoms with Crippen molar-refractivity contribution in [1.29, 1.82) is 0 Å². The summed E-state index contributed by atoms with van der Waals surface area (Å²) in [5.74, 6) is -0.463. The Labute approximate surface area is 142 Å². The van der Waals surface area contributed by atoms with Crippen molar-refractivity contribution in [2.24, 2.45) is 5.73 Å². The van der Waals surface area contributed by atoms with Gasteiger partial charge in [-0.1, -0.05) is 60.7 Å². The maximum atomic E-state index is 12.1. The third kappa shape index (κ3) is 6.12. The van der Waals surface area contributed by atoms with Crippen LogP contribution < -0.4 is 11.1 Å². The summed E-state index contributed by atoms with van der Waals surface area (Å²) in [7, 11) is 0. The minimum Gasteiger partial charge on any atom is -0.370 e. The lowest BCUT2D eigenvalue weighted by Crippen LogP contribution is -2.29. The summed E-state index contributed by atoms with van der Waals surface area (Å²) in [5.41, 5.74) is 7.14. The van der Waals surface area contributed by atoms with Crippen LogP contribution in [0.5, 0.6) is 0 Å². The average molecular weight is 333 g/mol. The van der Waals surface area contributed by atoms with E-state index in [4.69, 9.17) is 5.73 Å². The normalized spacial score (nSPS) is 9.96. The highest BCUT2D eigenvalue weighted by molar-refractivity contribution is 5.85. The van der Waals surface area contributed by atoms with Crippen molar-refractivity contribution in [3.05, 3.63) is 71.8 Å². The number of nitrogens with two attached hydrogens (primary N) is 1. The first kappa shape index (κ1) is 18.7. The van der Waals surface area contributed by atoms with Crippen molar-refractivity contribution < 1.29 is 9.59 Å². The van der Waals surface area contributed by atoms with Gasteiger partial charge in [0.15, 0.2) is 0 Å². The summed E-state index contributed by atoms with van der Waals surface area (Å²) in [4.78, 5) is 22.9. The summed E-state index contributed by atoms with van der Waals surface area (Å²) in [6, 6.07) is 19.4. The van der Waals surface area contributed by atoms with E-state index in [0.29, 0.717) is 12.8 Å². The smallest absolute Gasteiger partial charge is 0.220 e. The molecule has 4 nitrogen and oxygen atoms in total. The molecular weight excluding hydrogens is 312 g/mol. The average Bonchev–Trinajstić information content (AvgIpc) is 2.54. The van der Waals surface area contributed by atoms with Crippen molar-refractivity contribution in [1.82, 2.24) is 5.32 Å². The molecule has 23 heavy (non-hydrogen) atoms. The molecule has 2 aromatic carbocycles. The Morgan fingerprint density at radius 2 is 1.35 bits per heavy atom. The largest absolute Gasteiger partial charge is 0.370 e. The highest BCUT2D eigenvalue weighted by Crippen LogP contribution is 2.21. The van der Waals surface area contributed by atoms with Gasteiger partial charge in [0.05, 0.1) is 6.04 Å². The van der Waals surface area contributed by atoms with Gasteiger partial charge in [-0.05, 0) is 17.5 Å². The fourth-order valence-corrected chi connectivity index (χ4v) is 2.31. The topological polar surface area (TPSA) is 72.2 Å². The number of halogens is 1. The number of hydrogen-bond acceptors (Lipinski definition) is 2. The van der Waals surface area contributed by atoms with Crippen molar-refractivity contribution in [3.8, 4) is 0 Å². The molecule has 2 rings (SSSR count). The predicted molar refractivity (Wildman–Crippen MR) is 93.2 cm³/mol. The number of primary amides is 1. The molecule has 2 amide bonds. The molecule has 122 valence electrons. The van der Waals surface area contributed by atoms with Gasteiger partial charge >= 0.3 is 0 Å². The van der Waals surface area contributed by atoms with Crippen molar-refractivity contribution in [2.75, 3.05) is 0 Å². The molecule has 0 radical (unpaired) electrons. The molecule has 0 saturated carbocycles. The van der Waals surface area contributed by atoms with Gasteiger partial charge in [-0.3, -0.25) is 9.59 Å². The van der Waals surface area contributed by atoms with Gasteiger partial charge in [-0.25, -0.2) is 0 Å². The van der Waals surface area contributed by atoms with Crippen molar-refractivity contribution in [3.63, 3.8) is 0 Å². The van der Waals surface area contributed by atoms with Crippen LogP contribution in [0, 0.1) is 0 Å². The predicted octanol–water partition coefficient (Wildman–Crippen LogP) is 2.97. The van der Waals surface area contributed by atoms with E-state index >= 15 is 0 Å². The molecule has 3 N–H and O–H groups in total. The summed E-state index contributed by atoms with van der Waals surface area (Å²) in [6.45, 7) is 0. The first-order valence-corrected chi connectivity index (χ1v) is 7.34. The molecule has 2 aromatic rings. The first-order chi connectivity index (χ1) is 10.7. The lowest BCUT2D eigenvalue weighted by atomic mass is 9.98. The molecule has 0 heterocycles. The van der Waals surface area contributed by atoms with Crippen molar-refractivity contribution in [2.45, 2.75) is 25.3 Å². The molecule has 0 aliphatic heterocycles. The lowest BCUT2D eigenvalue weighted by molar-refractivity contribution is -0.122. The van der Waals surface area contributed by atoms with E-state index in [2.05, 4.69) is 5.32 Å². The Balaban J connectivity index is 0.00000264. The molecule has 0 aromatic heterocycles. The third-order valence-corrected chi connectivity index (χ3v) is 3.40. The standard InChI is InChI=1S/C18H20N2O2.ClH/c19-16(21)12-7-13-17(22)20-18(14-8-3-1-4-9-14)15-10-5-2-6-11-15;/h1-6,8-11,18H,7,12-13H2,(H2,19,21)(H,20,22);1H. The van der Waals surface area contributed by atoms with Gasteiger partial charge in [0.25, 0.3) is 0 Å². The van der Waals surface area contributed by atoms with Crippen LogP contribution in [0.25, 0.3) is 0 Å². The maximum Gasteiger partial charge on any atom is 0.220 e. The number of carbonyl (C=O) groups excluding carboxylic acids is 2. The molecule has 5 heteroatoms. The second-order valence-electron chi connectivity index (χ2n) is 5.14. The Morgan fingerprint density at radius 3 is 1.78 bits per heavy atom. The van der Waals surface area contributed by atoms with Crippen LogP contribution in [0.15, 0.2) is 60.7 Å². The monoisotopic (exact) mass is 332 g/mol. The van der Waals surface area contributed by atoms with Crippen molar-refractivity contribution >= 4 is 24.2 Å². The van der Waals surface area contributed by atoms with E-state index in [1.54, 1.807) is 0 Å². The third-order valence-electron chi connectivity index (χ3n) is 3.40. The van der Waals surface area contributed by atoms with Gasteiger partial charge in [0.2, 0.25) is 11.8 Å². The molecular formula is C18H21ClN2O2. The minimum atomic E-state index is -0.379. The quantitative estimate of drug-likeness (QED) is 0.818. The van der Waals surface area contributed by atoms with E-state index in [1.807, 2.05) is 60.7 Å². The van der Waals surface area contributed by atoms with E-state index in [9.17, 15) is 9.59 Å². The fourth-order valence-electron chi connectivity index (χ4n) is 2.31.